The molecule has 0 radical (unpaired) electrons. The molecule has 1 aliphatic carbocycles. The van der Waals surface area contributed by atoms with Crippen LogP contribution in [0.1, 0.15) is 37.1 Å². The number of hydrogen-bond donors (Lipinski definition) is 2. The Morgan fingerprint density at radius 3 is 3.00 bits per heavy atom. The van der Waals surface area contributed by atoms with E-state index in [1.807, 2.05) is 5.38 Å². The number of thiazole rings is 1. The summed E-state index contributed by atoms with van der Waals surface area (Å²) >= 11 is 5.95. The van der Waals surface area contributed by atoms with E-state index in [1.165, 1.54) is 0 Å². The average Bonchev–Trinajstić information content (AvgIpc) is 2.89. The van der Waals surface area contributed by atoms with Crippen LogP contribution in [0.2, 0.25) is 0 Å². The quantitative estimate of drug-likeness (QED) is 0.780. The van der Waals surface area contributed by atoms with Gasteiger partial charge >= 0.3 is 0 Å². The first-order chi connectivity index (χ1) is 8.15. The zero-order valence-corrected chi connectivity index (χ0v) is 11.7. The van der Waals surface area contributed by atoms with Gasteiger partial charge in [0.1, 0.15) is 0 Å². The maximum atomic E-state index is 11.8. The normalized spacial score (nSPS) is 18.7. The Balaban J connectivity index is 1.73. The van der Waals surface area contributed by atoms with Crippen LogP contribution in [-0.4, -0.2) is 23.2 Å². The molecule has 1 heterocycles. The fraction of sp³-hybridized carbons (Fsp3) is 0.667. The van der Waals surface area contributed by atoms with Crippen molar-refractivity contribution in [3.63, 3.8) is 0 Å². The zero-order chi connectivity index (χ0) is 12.3. The summed E-state index contributed by atoms with van der Waals surface area (Å²) in [4.78, 5) is 16.0. The Morgan fingerprint density at radius 1 is 1.71 bits per heavy atom. The van der Waals surface area contributed by atoms with E-state index < -0.39 is 0 Å². The predicted octanol–water partition coefficient (Wildman–Crippen LogP) is 2.46. The highest BCUT2D eigenvalue weighted by molar-refractivity contribution is 7.80. The molecule has 5 heteroatoms. The molecule has 0 aliphatic heterocycles. The molecule has 1 aliphatic rings. The summed E-state index contributed by atoms with van der Waals surface area (Å²) in [6, 6.07) is 0. The van der Waals surface area contributed by atoms with Crippen molar-refractivity contribution >= 4 is 29.9 Å². The van der Waals surface area contributed by atoms with Crippen molar-refractivity contribution in [2.24, 2.45) is 5.41 Å². The third kappa shape index (κ3) is 3.45. The fourth-order valence-corrected chi connectivity index (χ4v) is 2.93. The third-order valence-electron chi connectivity index (χ3n) is 3.31. The van der Waals surface area contributed by atoms with E-state index in [0.717, 1.165) is 23.6 Å². The molecular weight excluding hydrogens is 252 g/mol. The van der Waals surface area contributed by atoms with Gasteiger partial charge in [-0.1, -0.05) is 6.92 Å². The number of nitrogens with zero attached hydrogens (tertiary/aromatic N) is 1. The van der Waals surface area contributed by atoms with Crippen LogP contribution in [-0.2, 0) is 4.79 Å². The Morgan fingerprint density at radius 2 is 2.47 bits per heavy atom. The van der Waals surface area contributed by atoms with Gasteiger partial charge in [-0.3, -0.25) is 4.79 Å². The maximum Gasteiger partial charge on any atom is 0.220 e. The lowest BCUT2D eigenvalue weighted by Crippen LogP contribution is -2.29. The van der Waals surface area contributed by atoms with Gasteiger partial charge in [0.2, 0.25) is 5.91 Å². The summed E-state index contributed by atoms with van der Waals surface area (Å²) in [6.45, 7) is 2.76. The number of hydrogen-bond acceptors (Lipinski definition) is 4. The van der Waals surface area contributed by atoms with E-state index in [-0.39, 0.29) is 11.3 Å². The van der Waals surface area contributed by atoms with E-state index in [1.54, 1.807) is 17.5 Å². The maximum absolute atomic E-state index is 11.8. The molecule has 0 aromatic carbocycles. The smallest absolute Gasteiger partial charge is 0.220 e. The number of rotatable bonds is 6. The molecule has 0 saturated heterocycles. The summed E-state index contributed by atoms with van der Waals surface area (Å²) in [5.74, 6) is 1.27. The largest absolute Gasteiger partial charge is 0.355 e. The van der Waals surface area contributed by atoms with Crippen LogP contribution in [0.4, 0.5) is 0 Å². The minimum atomic E-state index is 0.153. The molecular formula is C12H18N2OS2. The lowest BCUT2D eigenvalue weighted by atomic mass is 10.0. The highest BCUT2D eigenvalue weighted by Gasteiger charge is 2.42. The van der Waals surface area contributed by atoms with Crippen molar-refractivity contribution in [1.29, 1.82) is 0 Å². The molecule has 1 atom stereocenters. The van der Waals surface area contributed by atoms with E-state index >= 15 is 0 Å². The summed E-state index contributed by atoms with van der Waals surface area (Å²) in [5.41, 5.74) is 0.206. The van der Waals surface area contributed by atoms with Crippen LogP contribution >= 0.6 is 24.0 Å². The lowest BCUT2D eigenvalue weighted by Gasteiger charge is -2.13. The Bertz CT molecular complexity index is 374. The second-order valence-electron chi connectivity index (χ2n) is 4.91. The minimum Gasteiger partial charge on any atom is -0.355 e. The summed E-state index contributed by atoms with van der Waals surface area (Å²) in [7, 11) is 0. The molecule has 1 amide bonds. The van der Waals surface area contributed by atoms with Gasteiger partial charge in [-0.05, 0) is 24.0 Å². The Hall–Kier alpha value is -0.550. The monoisotopic (exact) mass is 270 g/mol. The van der Waals surface area contributed by atoms with Gasteiger partial charge in [0, 0.05) is 30.5 Å². The molecule has 3 nitrogen and oxygen atoms in total. The number of aromatic nitrogens is 1. The molecule has 0 spiro atoms. The third-order valence-corrected chi connectivity index (χ3v) is 4.98. The number of thiol groups is 1. The van der Waals surface area contributed by atoms with Gasteiger partial charge in [-0.2, -0.15) is 12.6 Å². The molecule has 1 unspecified atom stereocenters. The first-order valence-electron chi connectivity index (χ1n) is 5.92. The Kier molecular flexibility index (Phi) is 4.09. The van der Waals surface area contributed by atoms with E-state index in [4.69, 9.17) is 0 Å². The van der Waals surface area contributed by atoms with E-state index in [0.29, 0.717) is 18.9 Å². The molecule has 1 aromatic heterocycles. The van der Waals surface area contributed by atoms with Crippen LogP contribution in [0.25, 0.3) is 0 Å². The van der Waals surface area contributed by atoms with Crippen LogP contribution < -0.4 is 5.32 Å². The molecule has 2 rings (SSSR count). The molecule has 17 heavy (non-hydrogen) atoms. The Labute approximate surface area is 111 Å². The zero-order valence-electron chi connectivity index (χ0n) is 9.98. The fourth-order valence-electron chi connectivity index (χ4n) is 1.80. The highest BCUT2D eigenvalue weighted by Crippen LogP contribution is 2.49. The number of nitrogens with one attached hydrogen (secondary N) is 1. The van der Waals surface area contributed by atoms with Gasteiger partial charge < -0.3 is 5.32 Å². The molecule has 94 valence electrons. The van der Waals surface area contributed by atoms with Gasteiger partial charge in [0.15, 0.2) is 0 Å². The van der Waals surface area contributed by atoms with E-state index in [2.05, 4.69) is 29.9 Å². The summed E-state index contributed by atoms with van der Waals surface area (Å²) in [6.07, 6.45) is 4.72. The van der Waals surface area contributed by atoms with Crippen LogP contribution in [0.5, 0.6) is 0 Å². The van der Waals surface area contributed by atoms with E-state index in [9.17, 15) is 4.79 Å². The highest BCUT2D eigenvalue weighted by atomic mass is 32.1. The van der Waals surface area contributed by atoms with Crippen molar-refractivity contribution in [2.75, 3.05) is 12.3 Å². The summed E-state index contributed by atoms with van der Waals surface area (Å²) < 4.78 is 0. The standard InChI is InChI=1S/C12H18N2OS2/c1-9(11-13-4-5-17-11)7-14-10(15)6-12(8-16)2-3-12/h4-5,9,16H,2-3,6-8H2,1H3,(H,14,15). The molecule has 1 saturated carbocycles. The second kappa shape index (κ2) is 5.40. The van der Waals surface area contributed by atoms with Crippen LogP contribution in [0.15, 0.2) is 11.6 Å². The van der Waals surface area contributed by atoms with Crippen molar-refractivity contribution in [2.45, 2.75) is 32.1 Å². The topological polar surface area (TPSA) is 42.0 Å². The van der Waals surface area contributed by atoms with Gasteiger partial charge in [-0.15, -0.1) is 11.3 Å². The lowest BCUT2D eigenvalue weighted by molar-refractivity contribution is -0.122. The number of carbonyl (C=O) groups excluding carboxylic acids is 1. The van der Waals surface area contributed by atoms with Crippen LogP contribution in [0.3, 0.4) is 0 Å². The molecule has 0 bridgehead atoms. The molecule has 1 fully saturated rings. The average molecular weight is 270 g/mol. The first-order valence-corrected chi connectivity index (χ1v) is 7.43. The molecule has 1 aromatic rings. The second-order valence-corrected chi connectivity index (χ2v) is 6.15. The van der Waals surface area contributed by atoms with Crippen LogP contribution in [0, 0.1) is 5.41 Å². The van der Waals surface area contributed by atoms with Crippen molar-refractivity contribution in [3.05, 3.63) is 16.6 Å². The first kappa shape index (κ1) is 12.9. The SMILES string of the molecule is CC(CNC(=O)CC1(CS)CC1)c1nccs1. The van der Waals surface area contributed by atoms with Gasteiger partial charge in [0.25, 0.3) is 0 Å². The van der Waals surface area contributed by atoms with Crippen molar-refractivity contribution in [1.82, 2.24) is 10.3 Å². The van der Waals surface area contributed by atoms with Gasteiger partial charge in [-0.25, -0.2) is 4.98 Å². The predicted molar refractivity (Wildman–Crippen MR) is 73.7 cm³/mol. The number of carbonyl (C=O) groups is 1. The minimum absolute atomic E-state index is 0.153. The van der Waals surface area contributed by atoms with Gasteiger partial charge in [0.05, 0.1) is 5.01 Å². The molecule has 1 N–H and O–H groups in total. The van der Waals surface area contributed by atoms with Crippen molar-refractivity contribution in [3.8, 4) is 0 Å². The van der Waals surface area contributed by atoms with Crippen molar-refractivity contribution < 1.29 is 4.79 Å². The number of amides is 1. The summed E-state index contributed by atoms with van der Waals surface area (Å²) in [5, 5.41) is 6.04.